The van der Waals surface area contributed by atoms with Gasteiger partial charge >= 0.3 is 0 Å². The van der Waals surface area contributed by atoms with E-state index in [2.05, 4.69) is 26.6 Å². The van der Waals surface area contributed by atoms with Crippen molar-refractivity contribution in [1.82, 2.24) is 5.32 Å². The number of halogens is 1. The number of ether oxygens (including phenoxy) is 2. The fourth-order valence-corrected chi connectivity index (χ4v) is 5.04. The molecule has 4 rings (SSSR count). The van der Waals surface area contributed by atoms with Gasteiger partial charge in [0.15, 0.2) is 17.3 Å². The maximum absolute atomic E-state index is 13.7. The number of hydrogen-bond donors (Lipinski definition) is 3. The second kappa shape index (κ2) is 9.93. The van der Waals surface area contributed by atoms with E-state index in [4.69, 9.17) is 9.47 Å². The number of amides is 1. The summed E-state index contributed by atoms with van der Waals surface area (Å²) in [7, 11) is 1.54. The maximum Gasteiger partial charge on any atom is 0.254 e. The normalized spacial score (nSPS) is 17.8. The van der Waals surface area contributed by atoms with Crippen LogP contribution in [0.25, 0.3) is 0 Å². The summed E-state index contributed by atoms with van der Waals surface area (Å²) < 4.78 is 11.4. The smallest absolute Gasteiger partial charge is 0.254 e. The van der Waals surface area contributed by atoms with E-state index in [1.54, 1.807) is 31.4 Å². The van der Waals surface area contributed by atoms with Gasteiger partial charge in [0.2, 0.25) is 0 Å². The number of dihydropyridines is 1. The zero-order chi connectivity index (χ0) is 24.4. The fourth-order valence-electron chi connectivity index (χ4n) is 4.58. The van der Waals surface area contributed by atoms with E-state index < -0.39 is 5.92 Å². The molecule has 3 N–H and O–H groups in total. The van der Waals surface area contributed by atoms with Gasteiger partial charge in [0, 0.05) is 34.9 Å². The molecular formula is C26H27BrN2O5. The predicted molar refractivity (Wildman–Crippen MR) is 133 cm³/mol. The van der Waals surface area contributed by atoms with Gasteiger partial charge in [-0.2, -0.15) is 0 Å². The molecule has 34 heavy (non-hydrogen) atoms. The SMILES string of the molecule is CCOc1cc([C@@H]2C(C(=O)Nc3ccccc3OC)=C(C)NC3=C2C(=O)CCC3)cc(Br)c1O. The zero-order valence-electron chi connectivity index (χ0n) is 19.3. The molecule has 0 fully saturated rings. The number of aromatic hydroxyl groups is 1. The standard InChI is InChI=1S/C26H27BrN2O5/c1-4-34-21-13-15(12-16(27)25(21)31)23-22(14(2)28-18-9-7-10-19(30)24(18)23)26(32)29-17-8-5-6-11-20(17)33-3/h5-6,8,11-13,23,28,31H,4,7,9-10H2,1-3H3,(H,29,32)/t23-/m1/s1. The number of ketones is 1. The first-order chi connectivity index (χ1) is 16.3. The summed E-state index contributed by atoms with van der Waals surface area (Å²) >= 11 is 3.40. The van der Waals surface area contributed by atoms with Gasteiger partial charge in [-0.05, 0) is 72.4 Å². The second-order valence-electron chi connectivity index (χ2n) is 8.20. The molecule has 2 aromatic rings. The molecule has 0 spiro atoms. The topological polar surface area (TPSA) is 96.9 Å². The van der Waals surface area contributed by atoms with Crippen LogP contribution in [0.15, 0.2) is 63.4 Å². The summed E-state index contributed by atoms with van der Waals surface area (Å²) in [6.45, 7) is 4.02. The van der Waals surface area contributed by atoms with Gasteiger partial charge in [0.1, 0.15) is 5.75 Å². The first kappa shape index (κ1) is 23.9. The number of benzene rings is 2. The van der Waals surface area contributed by atoms with Crippen molar-refractivity contribution in [1.29, 1.82) is 0 Å². The predicted octanol–water partition coefficient (Wildman–Crippen LogP) is 5.17. The van der Waals surface area contributed by atoms with Crippen LogP contribution >= 0.6 is 15.9 Å². The molecule has 0 saturated heterocycles. The summed E-state index contributed by atoms with van der Waals surface area (Å²) in [4.78, 5) is 26.8. The van der Waals surface area contributed by atoms with E-state index in [1.165, 1.54) is 0 Å². The Kier molecular flexibility index (Phi) is 6.97. The number of phenols is 1. The number of phenolic OH excluding ortho intramolecular Hbond substituents is 1. The van der Waals surface area contributed by atoms with Crippen LogP contribution in [0.4, 0.5) is 5.69 Å². The molecule has 1 heterocycles. The van der Waals surface area contributed by atoms with Crippen LogP contribution in [-0.2, 0) is 9.59 Å². The van der Waals surface area contributed by atoms with Crippen LogP contribution in [0.2, 0.25) is 0 Å². The molecule has 0 aromatic heterocycles. The lowest BCUT2D eigenvalue weighted by Gasteiger charge is -2.34. The van der Waals surface area contributed by atoms with Crippen LogP contribution in [0.1, 0.15) is 44.6 Å². The first-order valence-corrected chi connectivity index (χ1v) is 12.0. The molecule has 1 aliphatic carbocycles. The van der Waals surface area contributed by atoms with Crippen molar-refractivity contribution in [2.45, 2.75) is 39.0 Å². The van der Waals surface area contributed by atoms with Crippen molar-refractivity contribution in [3.8, 4) is 17.2 Å². The first-order valence-electron chi connectivity index (χ1n) is 11.2. The summed E-state index contributed by atoms with van der Waals surface area (Å²) in [6, 6.07) is 10.6. The summed E-state index contributed by atoms with van der Waals surface area (Å²) in [5, 5.41) is 16.7. The zero-order valence-corrected chi connectivity index (χ0v) is 20.9. The molecule has 8 heteroatoms. The quantitative estimate of drug-likeness (QED) is 0.480. The number of carbonyl (C=O) groups excluding carboxylic acids is 2. The van der Waals surface area contributed by atoms with Gasteiger partial charge in [-0.1, -0.05) is 12.1 Å². The Bertz CT molecular complexity index is 1220. The Morgan fingerprint density at radius 2 is 2.00 bits per heavy atom. The van der Waals surface area contributed by atoms with Crippen molar-refractivity contribution in [2.24, 2.45) is 0 Å². The third kappa shape index (κ3) is 4.42. The molecule has 1 atom stereocenters. The lowest BCUT2D eigenvalue weighted by atomic mass is 9.75. The molecule has 1 aliphatic heterocycles. The number of anilines is 1. The highest BCUT2D eigenvalue weighted by molar-refractivity contribution is 9.10. The van der Waals surface area contributed by atoms with Crippen molar-refractivity contribution < 1.29 is 24.2 Å². The maximum atomic E-state index is 13.7. The molecule has 0 radical (unpaired) electrons. The van der Waals surface area contributed by atoms with E-state index in [0.717, 1.165) is 18.5 Å². The van der Waals surface area contributed by atoms with Crippen molar-refractivity contribution in [3.05, 3.63) is 69.0 Å². The van der Waals surface area contributed by atoms with Gasteiger partial charge in [0.05, 0.1) is 23.9 Å². The highest BCUT2D eigenvalue weighted by atomic mass is 79.9. The fraction of sp³-hybridized carbons (Fsp3) is 0.308. The minimum absolute atomic E-state index is 0.0102. The summed E-state index contributed by atoms with van der Waals surface area (Å²) in [5.74, 6) is -0.145. The minimum Gasteiger partial charge on any atom is -0.503 e. The van der Waals surface area contributed by atoms with Crippen molar-refractivity contribution >= 4 is 33.3 Å². The Hall–Kier alpha value is -3.26. The van der Waals surface area contributed by atoms with Crippen LogP contribution in [-0.4, -0.2) is 30.5 Å². The number of rotatable bonds is 6. The van der Waals surface area contributed by atoms with Gasteiger partial charge < -0.3 is 25.2 Å². The number of nitrogens with one attached hydrogen (secondary N) is 2. The average Bonchev–Trinajstić information content (AvgIpc) is 2.81. The van der Waals surface area contributed by atoms with E-state index in [1.807, 2.05) is 26.0 Å². The summed E-state index contributed by atoms with van der Waals surface area (Å²) in [6.07, 6.45) is 1.92. The highest BCUT2D eigenvalue weighted by Crippen LogP contribution is 2.46. The molecule has 0 unspecified atom stereocenters. The second-order valence-corrected chi connectivity index (χ2v) is 9.06. The third-order valence-corrected chi connectivity index (χ3v) is 6.66. The third-order valence-electron chi connectivity index (χ3n) is 6.06. The number of para-hydroxylation sites is 2. The molecule has 2 aliphatic rings. The Morgan fingerprint density at radius 3 is 2.74 bits per heavy atom. The number of methoxy groups -OCH3 is 1. The van der Waals surface area contributed by atoms with Crippen LogP contribution < -0.4 is 20.1 Å². The number of allylic oxidation sites excluding steroid dienone is 3. The van der Waals surface area contributed by atoms with Gasteiger partial charge in [0.25, 0.3) is 5.91 Å². The molecule has 178 valence electrons. The average molecular weight is 527 g/mol. The van der Waals surface area contributed by atoms with Gasteiger partial charge in [-0.3, -0.25) is 9.59 Å². The van der Waals surface area contributed by atoms with Crippen LogP contribution in [0.3, 0.4) is 0 Å². The summed E-state index contributed by atoms with van der Waals surface area (Å²) in [5.41, 5.74) is 3.75. The number of Topliss-reactive ketones (excluding diaryl/α,β-unsaturated/α-hetero) is 1. The molecular weight excluding hydrogens is 500 g/mol. The Balaban J connectivity index is 1.85. The van der Waals surface area contributed by atoms with Crippen LogP contribution in [0, 0.1) is 0 Å². The monoisotopic (exact) mass is 526 g/mol. The molecule has 0 bridgehead atoms. The van der Waals surface area contributed by atoms with E-state index in [0.29, 0.717) is 51.3 Å². The number of carbonyl (C=O) groups is 2. The lowest BCUT2D eigenvalue weighted by Crippen LogP contribution is -2.35. The van der Waals surface area contributed by atoms with E-state index >= 15 is 0 Å². The van der Waals surface area contributed by atoms with E-state index in [-0.39, 0.29) is 23.2 Å². The van der Waals surface area contributed by atoms with Crippen molar-refractivity contribution in [2.75, 3.05) is 19.0 Å². The van der Waals surface area contributed by atoms with Crippen LogP contribution in [0.5, 0.6) is 17.2 Å². The van der Waals surface area contributed by atoms with Crippen molar-refractivity contribution in [3.63, 3.8) is 0 Å². The lowest BCUT2D eigenvalue weighted by molar-refractivity contribution is -0.116. The Labute approximate surface area is 207 Å². The highest BCUT2D eigenvalue weighted by Gasteiger charge is 2.39. The van der Waals surface area contributed by atoms with E-state index in [9.17, 15) is 14.7 Å². The van der Waals surface area contributed by atoms with Gasteiger partial charge in [-0.15, -0.1) is 0 Å². The largest absolute Gasteiger partial charge is 0.503 e. The number of hydrogen-bond acceptors (Lipinski definition) is 6. The molecule has 7 nitrogen and oxygen atoms in total. The Morgan fingerprint density at radius 1 is 1.24 bits per heavy atom. The molecule has 1 amide bonds. The van der Waals surface area contributed by atoms with Gasteiger partial charge in [-0.25, -0.2) is 0 Å². The molecule has 2 aromatic carbocycles. The minimum atomic E-state index is -0.616. The molecule has 0 saturated carbocycles.